The standard InChI is InChI=1S/C15H16N2O2/c1-3-17-14(18)10-19-15(6-7-15)13-5-4-11(2)8-12(13)9-16/h3-5,8H,1,6-7,10H2,2H3,(H,17,18). The summed E-state index contributed by atoms with van der Waals surface area (Å²) in [4.78, 5) is 11.4. The van der Waals surface area contributed by atoms with Crippen molar-refractivity contribution in [3.8, 4) is 6.07 Å². The maximum atomic E-state index is 11.4. The molecule has 1 N–H and O–H groups in total. The highest BCUT2D eigenvalue weighted by Crippen LogP contribution is 2.50. The zero-order valence-electron chi connectivity index (χ0n) is 10.9. The van der Waals surface area contributed by atoms with Gasteiger partial charge in [-0.1, -0.05) is 18.7 Å². The Kier molecular flexibility index (Phi) is 3.68. The molecule has 0 atom stereocenters. The quantitative estimate of drug-likeness (QED) is 0.877. The Bertz CT molecular complexity index is 554. The minimum Gasteiger partial charge on any atom is -0.360 e. The van der Waals surface area contributed by atoms with Crippen molar-refractivity contribution in [1.82, 2.24) is 5.32 Å². The first kappa shape index (κ1) is 13.3. The number of rotatable bonds is 5. The molecular formula is C15H16N2O2. The van der Waals surface area contributed by atoms with Crippen molar-refractivity contribution in [2.75, 3.05) is 6.61 Å². The summed E-state index contributed by atoms with van der Waals surface area (Å²) in [5, 5.41) is 11.7. The predicted octanol–water partition coefficient (Wildman–Crippen LogP) is 2.13. The van der Waals surface area contributed by atoms with Gasteiger partial charge in [-0.25, -0.2) is 0 Å². The predicted molar refractivity (Wildman–Crippen MR) is 71.1 cm³/mol. The molecule has 0 unspecified atom stereocenters. The molecule has 0 radical (unpaired) electrons. The van der Waals surface area contributed by atoms with E-state index in [9.17, 15) is 10.1 Å². The van der Waals surface area contributed by atoms with Gasteiger partial charge in [-0.05, 0) is 37.6 Å². The molecule has 1 aromatic rings. The molecule has 0 saturated heterocycles. The smallest absolute Gasteiger partial charge is 0.249 e. The zero-order chi connectivity index (χ0) is 13.9. The Labute approximate surface area is 112 Å². The molecule has 0 aliphatic heterocycles. The lowest BCUT2D eigenvalue weighted by atomic mass is 9.99. The van der Waals surface area contributed by atoms with Crippen LogP contribution in [-0.2, 0) is 15.1 Å². The topological polar surface area (TPSA) is 62.1 Å². The summed E-state index contributed by atoms with van der Waals surface area (Å²) < 4.78 is 5.71. The average Bonchev–Trinajstić information content (AvgIpc) is 3.17. The van der Waals surface area contributed by atoms with E-state index in [4.69, 9.17) is 4.74 Å². The van der Waals surface area contributed by atoms with E-state index in [0.717, 1.165) is 24.0 Å². The van der Waals surface area contributed by atoms with Crippen LogP contribution >= 0.6 is 0 Å². The van der Waals surface area contributed by atoms with Gasteiger partial charge in [-0.3, -0.25) is 4.79 Å². The highest BCUT2D eigenvalue weighted by molar-refractivity contribution is 5.78. The molecule has 0 aromatic heterocycles. The van der Waals surface area contributed by atoms with E-state index in [2.05, 4.69) is 18.0 Å². The summed E-state index contributed by atoms with van der Waals surface area (Å²) in [5.74, 6) is -0.230. The van der Waals surface area contributed by atoms with E-state index in [1.807, 2.05) is 25.1 Å². The minimum atomic E-state index is -0.461. The Balaban J connectivity index is 2.15. The molecule has 1 aliphatic carbocycles. The Morgan fingerprint density at radius 2 is 2.37 bits per heavy atom. The number of nitrogens with one attached hydrogen (secondary N) is 1. The van der Waals surface area contributed by atoms with Crippen molar-refractivity contribution in [3.05, 3.63) is 47.7 Å². The van der Waals surface area contributed by atoms with Crippen LogP contribution in [0.3, 0.4) is 0 Å². The summed E-state index contributed by atoms with van der Waals surface area (Å²) in [6.07, 6.45) is 3.01. The van der Waals surface area contributed by atoms with Gasteiger partial charge in [0.05, 0.1) is 17.2 Å². The number of ether oxygens (including phenoxy) is 1. The van der Waals surface area contributed by atoms with Crippen molar-refractivity contribution in [1.29, 1.82) is 5.26 Å². The number of aryl methyl sites for hydroxylation is 1. The van der Waals surface area contributed by atoms with Crippen LogP contribution in [-0.4, -0.2) is 12.5 Å². The van der Waals surface area contributed by atoms with Crippen molar-refractivity contribution < 1.29 is 9.53 Å². The van der Waals surface area contributed by atoms with Crippen molar-refractivity contribution in [2.45, 2.75) is 25.4 Å². The lowest BCUT2D eigenvalue weighted by Crippen LogP contribution is -2.26. The van der Waals surface area contributed by atoms with Gasteiger partial charge in [0.1, 0.15) is 6.61 Å². The monoisotopic (exact) mass is 256 g/mol. The molecule has 0 heterocycles. The number of hydrogen-bond acceptors (Lipinski definition) is 3. The molecule has 1 amide bonds. The number of nitrogens with zero attached hydrogens (tertiary/aromatic N) is 1. The van der Waals surface area contributed by atoms with Gasteiger partial charge in [0.25, 0.3) is 0 Å². The summed E-state index contributed by atoms with van der Waals surface area (Å²) in [6, 6.07) is 7.93. The number of benzene rings is 1. The molecule has 1 aromatic carbocycles. The first-order chi connectivity index (χ1) is 9.11. The Hall–Kier alpha value is -2.12. The van der Waals surface area contributed by atoms with Crippen LogP contribution in [0.1, 0.15) is 29.5 Å². The largest absolute Gasteiger partial charge is 0.360 e. The van der Waals surface area contributed by atoms with Gasteiger partial charge in [0, 0.05) is 5.56 Å². The van der Waals surface area contributed by atoms with Gasteiger partial charge < -0.3 is 10.1 Å². The minimum absolute atomic E-state index is 0.0231. The van der Waals surface area contributed by atoms with Crippen molar-refractivity contribution >= 4 is 5.91 Å². The maximum absolute atomic E-state index is 11.4. The summed E-state index contributed by atoms with van der Waals surface area (Å²) >= 11 is 0. The lowest BCUT2D eigenvalue weighted by Gasteiger charge is -2.18. The van der Waals surface area contributed by atoms with Crippen molar-refractivity contribution in [2.24, 2.45) is 0 Å². The van der Waals surface area contributed by atoms with E-state index in [0.29, 0.717) is 5.56 Å². The Morgan fingerprint density at radius 3 is 2.95 bits per heavy atom. The number of carbonyl (C=O) groups is 1. The molecule has 0 bridgehead atoms. The third-order valence-corrected chi connectivity index (χ3v) is 3.23. The number of nitriles is 1. The number of hydrogen-bond donors (Lipinski definition) is 1. The van der Waals surface area contributed by atoms with E-state index in [-0.39, 0.29) is 12.5 Å². The fourth-order valence-corrected chi connectivity index (χ4v) is 2.11. The molecule has 0 spiro atoms. The summed E-state index contributed by atoms with van der Waals surface area (Å²) in [5.41, 5.74) is 2.09. The third kappa shape index (κ3) is 2.83. The van der Waals surface area contributed by atoms with Gasteiger partial charge in [0.2, 0.25) is 5.91 Å². The number of carbonyl (C=O) groups excluding carboxylic acids is 1. The SMILES string of the molecule is C=CNC(=O)COC1(c2ccc(C)cc2C#N)CC1. The highest BCUT2D eigenvalue weighted by Gasteiger charge is 2.47. The van der Waals surface area contributed by atoms with Crippen LogP contribution < -0.4 is 5.32 Å². The maximum Gasteiger partial charge on any atom is 0.249 e. The molecule has 1 saturated carbocycles. The van der Waals surface area contributed by atoms with Crippen LogP contribution in [0.15, 0.2) is 31.0 Å². The van der Waals surface area contributed by atoms with Crippen LogP contribution in [0.4, 0.5) is 0 Å². The molecular weight excluding hydrogens is 240 g/mol. The van der Waals surface area contributed by atoms with Gasteiger partial charge in [0.15, 0.2) is 0 Å². The molecule has 2 rings (SSSR count). The van der Waals surface area contributed by atoms with Crippen molar-refractivity contribution in [3.63, 3.8) is 0 Å². The highest BCUT2D eigenvalue weighted by atomic mass is 16.5. The van der Waals surface area contributed by atoms with E-state index in [1.165, 1.54) is 6.20 Å². The molecule has 4 nitrogen and oxygen atoms in total. The number of amides is 1. The third-order valence-electron chi connectivity index (χ3n) is 3.23. The fourth-order valence-electron chi connectivity index (χ4n) is 2.11. The Morgan fingerprint density at radius 1 is 1.63 bits per heavy atom. The molecule has 4 heteroatoms. The second kappa shape index (κ2) is 5.25. The molecule has 19 heavy (non-hydrogen) atoms. The zero-order valence-corrected chi connectivity index (χ0v) is 10.9. The molecule has 1 fully saturated rings. The normalized spacial score (nSPS) is 15.4. The second-order valence-corrected chi connectivity index (χ2v) is 4.72. The van der Waals surface area contributed by atoms with Crippen LogP contribution in [0.25, 0.3) is 0 Å². The molecule has 98 valence electrons. The van der Waals surface area contributed by atoms with Crippen LogP contribution in [0.2, 0.25) is 0 Å². The van der Waals surface area contributed by atoms with Gasteiger partial charge >= 0.3 is 0 Å². The van der Waals surface area contributed by atoms with Crippen LogP contribution in [0.5, 0.6) is 0 Å². The summed E-state index contributed by atoms with van der Waals surface area (Å²) in [6.45, 7) is 5.35. The summed E-state index contributed by atoms with van der Waals surface area (Å²) in [7, 11) is 0. The first-order valence-corrected chi connectivity index (χ1v) is 6.17. The fraction of sp³-hybridized carbons (Fsp3) is 0.333. The second-order valence-electron chi connectivity index (χ2n) is 4.72. The van der Waals surface area contributed by atoms with Gasteiger partial charge in [-0.15, -0.1) is 0 Å². The van der Waals surface area contributed by atoms with E-state index in [1.54, 1.807) is 0 Å². The van der Waals surface area contributed by atoms with E-state index >= 15 is 0 Å². The first-order valence-electron chi connectivity index (χ1n) is 6.17. The van der Waals surface area contributed by atoms with Crippen LogP contribution in [0, 0.1) is 18.3 Å². The molecule has 1 aliphatic rings. The van der Waals surface area contributed by atoms with E-state index < -0.39 is 5.60 Å². The van der Waals surface area contributed by atoms with Gasteiger partial charge in [-0.2, -0.15) is 5.26 Å². The average molecular weight is 256 g/mol. The lowest BCUT2D eigenvalue weighted by molar-refractivity contribution is -0.127.